The van der Waals surface area contributed by atoms with Crippen LogP contribution in [0.25, 0.3) is 0 Å². The molecule has 0 spiro atoms. The largest absolute Gasteiger partial charge is 0.487 e. The van der Waals surface area contributed by atoms with Crippen molar-refractivity contribution in [3.8, 4) is 5.75 Å². The standard InChI is InChI=1S/C9H7Br2NO3/c1-2-3-15-9-7(10)4-6(12(13)14)5-8(9)11/h2,4-5H,1,3H2. The molecule has 0 heterocycles. The van der Waals surface area contributed by atoms with Crippen molar-refractivity contribution in [1.29, 1.82) is 0 Å². The lowest BCUT2D eigenvalue weighted by Crippen LogP contribution is -1.96. The van der Waals surface area contributed by atoms with Gasteiger partial charge in [0.2, 0.25) is 0 Å². The minimum atomic E-state index is -0.465. The van der Waals surface area contributed by atoms with Gasteiger partial charge in [0.1, 0.15) is 12.4 Å². The first-order valence-corrected chi connectivity index (χ1v) is 5.52. The second-order valence-corrected chi connectivity index (χ2v) is 4.30. The number of nitrogens with zero attached hydrogens (tertiary/aromatic N) is 1. The van der Waals surface area contributed by atoms with Gasteiger partial charge in [-0.05, 0) is 31.9 Å². The van der Waals surface area contributed by atoms with Gasteiger partial charge < -0.3 is 4.74 Å². The Morgan fingerprint density at radius 2 is 2.00 bits per heavy atom. The molecule has 4 nitrogen and oxygen atoms in total. The van der Waals surface area contributed by atoms with Crippen molar-refractivity contribution in [2.75, 3.05) is 6.61 Å². The van der Waals surface area contributed by atoms with E-state index in [-0.39, 0.29) is 5.69 Å². The maximum Gasteiger partial charge on any atom is 0.271 e. The van der Waals surface area contributed by atoms with Gasteiger partial charge in [-0.25, -0.2) is 0 Å². The Labute approximate surface area is 103 Å². The van der Waals surface area contributed by atoms with E-state index in [0.717, 1.165) is 0 Å². The van der Waals surface area contributed by atoms with Gasteiger partial charge in [-0.15, -0.1) is 0 Å². The van der Waals surface area contributed by atoms with E-state index < -0.39 is 4.92 Å². The predicted molar refractivity (Wildman–Crippen MR) is 64.2 cm³/mol. The molecule has 1 aromatic carbocycles. The van der Waals surface area contributed by atoms with Crippen LogP contribution in [0.15, 0.2) is 33.7 Å². The summed E-state index contributed by atoms with van der Waals surface area (Å²) in [6.45, 7) is 3.86. The van der Waals surface area contributed by atoms with E-state index in [0.29, 0.717) is 21.3 Å². The lowest BCUT2D eigenvalue weighted by Gasteiger charge is -2.07. The molecular weight excluding hydrogens is 330 g/mol. The van der Waals surface area contributed by atoms with E-state index in [1.165, 1.54) is 12.1 Å². The summed E-state index contributed by atoms with van der Waals surface area (Å²) >= 11 is 6.41. The fourth-order valence-corrected chi connectivity index (χ4v) is 2.32. The molecule has 0 amide bonds. The molecular formula is C9H7Br2NO3. The molecule has 0 aromatic heterocycles. The van der Waals surface area contributed by atoms with Crippen molar-refractivity contribution in [1.82, 2.24) is 0 Å². The van der Waals surface area contributed by atoms with Gasteiger partial charge in [0.15, 0.2) is 0 Å². The van der Waals surface area contributed by atoms with Crippen LogP contribution in [0.2, 0.25) is 0 Å². The normalized spacial score (nSPS) is 9.73. The highest BCUT2D eigenvalue weighted by Crippen LogP contribution is 2.37. The van der Waals surface area contributed by atoms with Crippen LogP contribution in [0.3, 0.4) is 0 Å². The van der Waals surface area contributed by atoms with Crippen LogP contribution in [0.5, 0.6) is 5.75 Å². The van der Waals surface area contributed by atoms with Crippen molar-refractivity contribution in [2.45, 2.75) is 0 Å². The zero-order valence-electron chi connectivity index (χ0n) is 7.57. The van der Waals surface area contributed by atoms with E-state index in [2.05, 4.69) is 38.4 Å². The number of benzene rings is 1. The van der Waals surface area contributed by atoms with E-state index >= 15 is 0 Å². The van der Waals surface area contributed by atoms with Crippen molar-refractivity contribution >= 4 is 37.5 Å². The molecule has 0 N–H and O–H groups in total. The van der Waals surface area contributed by atoms with Crippen LogP contribution in [0.4, 0.5) is 5.69 Å². The lowest BCUT2D eigenvalue weighted by atomic mass is 10.3. The predicted octanol–water partition coefficient (Wildman–Crippen LogP) is 3.68. The van der Waals surface area contributed by atoms with Crippen molar-refractivity contribution < 1.29 is 9.66 Å². The molecule has 0 bridgehead atoms. The molecule has 0 radical (unpaired) electrons. The lowest BCUT2D eigenvalue weighted by molar-refractivity contribution is -0.385. The van der Waals surface area contributed by atoms with E-state index in [9.17, 15) is 10.1 Å². The van der Waals surface area contributed by atoms with Gasteiger partial charge in [-0.3, -0.25) is 10.1 Å². The number of ether oxygens (including phenoxy) is 1. The number of halogens is 2. The van der Waals surface area contributed by atoms with Crippen molar-refractivity contribution in [3.05, 3.63) is 43.8 Å². The monoisotopic (exact) mass is 335 g/mol. The van der Waals surface area contributed by atoms with Gasteiger partial charge in [-0.2, -0.15) is 0 Å². The summed E-state index contributed by atoms with van der Waals surface area (Å²) in [5.41, 5.74) is -0.000275. The van der Waals surface area contributed by atoms with Gasteiger partial charge in [0, 0.05) is 12.1 Å². The molecule has 0 aliphatic carbocycles. The van der Waals surface area contributed by atoms with Crippen LogP contribution < -0.4 is 4.74 Å². The number of rotatable bonds is 4. The maximum absolute atomic E-state index is 10.5. The third-order valence-electron chi connectivity index (χ3n) is 1.54. The summed E-state index contributed by atoms with van der Waals surface area (Å²) in [7, 11) is 0. The molecule has 80 valence electrons. The van der Waals surface area contributed by atoms with Gasteiger partial charge in [0.25, 0.3) is 5.69 Å². The zero-order valence-corrected chi connectivity index (χ0v) is 10.7. The molecule has 0 saturated carbocycles. The quantitative estimate of drug-likeness (QED) is 0.478. The molecule has 0 saturated heterocycles. The summed E-state index contributed by atoms with van der Waals surface area (Å²) < 4.78 is 6.38. The van der Waals surface area contributed by atoms with Crippen LogP contribution in [0.1, 0.15) is 0 Å². The Kier molecular flexibility index (Phi) is 4.28. The summed E-state index contributed by atoms with van der Waals surface area (Å²) in [4.78, 5) is 10.1. The molecule has 0 aliphatic heterocycles. The van der Waals surface area contributed by atoms with Crippen LogP contribution in [-0.4, -0.2) is 11.5 Å². The molecule has 0 unspecified atom stereocenters. The highest BCUT2D eigenvalue weighted by atomic mass is 79.9. The summed E-state index contributed by atoms with van der Waals surface area (Å²) in [6, 6.07) is 2.78. The number of nitro benzene ring substituents is 1. The Morgan fingerprint density at radius 1 is 1.47 bits per heavy atom. The van der Waals surface area contributed by atoms with Crippen LogP contribution in [-0.2, 0) is 0 Å². The summed E-state index contributed by atoms with van der Waals surface area (Å²) in [5, 5.41) is 10.5. The Balaban J connectivity index is 3.09. The topological polar surface area (TPSA) is 52.4 Å². The number of non-ortho nitro benzene ring substituents is 1. The highest BCUT2D eigenvalue weighted by molar-refractivity contribution is 9.11. The fourth-order valence-electron chi connectivity index (χ4n) is 0.932. The Morgan fingerprint density at radius 3 is 2.40 bits per heavy atom. The molecule has 0 atom stereocenters. The van der Waals surface area contributed by atoms with E-state index in [1.807, 2.05) is 0 Å². The zero-order chi connectivity index (χ0) is 11.4. The van der Waals surface area contributed by atoms with E-state index in [1.54, 1.807) is 6.08 Å². The molecule has 1 aromatic rings. The first-order valence-electron chi connectivity index (χ1n) is 3.93. The highest BCUT2D eigenvalue weighted by Gasteiger charge is 2.14. The van der Waals surface area contributed by atoms with E-state index in [4.69, 9.17) is 4.74 Å². The van der Waals surface area contributed by atoms with Gasteiger partial charge in [0.05, 0.1) is 13.9 Å². The van der Waals surface area contributed by atoms with Crippen LogP contribution in [0, 0.1) is 10.1 Å². The maximum atomic E-state index is 10.5. The number of hydrogen-bond acceptors (Lipinski definition) is 3. The first-order chi connectivity index (χ1) is 7.06. The molecule has 15 heavy (non-hydrogen) atoms. The Bertz CT molecular complexity index is 383. The fraction of sp³-hybridized carbons (Fsp3) is 0.111. The number of nitro groups is 1. The number of hydrogen-bond donors (Lipinski definition) is 0. The molecule has 6 heteroatoms. The minimum Gasteiger partial charge on any atom is -0.487 e. The van der Waals surface area contributed by atoms with Crippen molar-refractivity contribution in [3.63, 3.8) is 0 Å². The smallest absolute Gasteiger partial charge is 0.271 e. The average molecular weight is 337 g/mol. The van der Waals surface area contributed by atoms with Crippen LogP contribution >= 0.6 is 31.9 Å². The second-order valence-electron chi connectivity index (χ2n) is 2.60. The third kappa shape index (κ3) is 3.04. The SMILES string of the molecule is C=CCOc1c(Br)cc([N+](=O)[O-])cc1Br. The third-order valence-corrected chi connectivity index (χ3v) is 2.72. The summed E-state index contributed by atoms with van der Waals surface area (Å²) in [5.74, 6) is 0.528. The second kappa shape index (κ2) is 5.27. The minimum absolute atomic E-state index is 0.000275. The van der Waals surface area contributed by atoms with Gasteiger partial charge in [-0.1, -0.05) is 12.7 Å². The molecule has 1 rings (SSSR count). The average Bonchev–Trinajstić information content (AvgIpc) is 2.16. The Hall–Kier alpha value is -0.880. The van der Waals surface area contributed by atoms with Gasteiger partial charge >= 0.3 is 0 Å². The molecule has 0 fully saturated rings. The van der Waals surface area contributed by atoms with Crippen molar-refractivity contribution in [2.24, 2.45) is 0 Å². The first kappa shape index (κ1) is 12.2. The molecule has 0 aliphatic rings. The summed E-state index contributed by atoms with van der Waals surface area (Å²) in [6.07, 6.45) is 1.60.